The SMILES string of the molecule is CCOC(=O)c1c(C)c(CC)nn1C. The highest BCUT2D eigenvalue weighted by molar-refractivity contribution is 5.89. The number of aryl methyl sites for hydroxylation is 2. The first-order chi connectivity index (χ1) is 6.61. The molecule has 4 heteroatoms. The molecular weight excluding hydrogens is 180 g/mol. The first-order valence-corrected chi connectivity index (χ1v) is 4.81. The van der Waals surface area contributed by atoms with Gasteiger partial charge in [-0.3, -0.25) is 4.68 Å². The van der Waals surface area contributed by atoms with E-state index in [0.717, 1.165) is 17.7 Å². The van der Waals surface area contributed by atoms with E-state index < -0.39 is 0 Å². The van der Waals surface area contributed by atoms with Crippen molar-refractivity contribution in [1.29, 1.82) is 0 Å². The zero-order valence-corrected chi connectivity index (χ0v) is 9.13. The maximum Gasteiger partial charge on any atom is 0.356 e. The summed E-state index contributed by atoms with van der Waals surface area (Å²) in [6.07, 6.45) is 0.832. The molecule has 0 saturated carbocycles. The van der Waals surface area contributed by atoms with Crippen molar-refractivity contribution in [2.24, 2.45) is 7.05 Å². The average Bonchev–Trinajstić information content (AvgIpc) is 2.41. The summed E-state index contributed by atoms with van der Waals surface area (Å²) in [6, 6.07) is 0. The Kier molecular flexibility index (Phi) is 3.28. The van der Waals surface area contributed by atoms with E-state index in [-0.39, 0.29) is 5.97 Å². The number of hydrogen-bond donors (Lipinski definition) is 0. The van der Waals surface area contributed by atoms with Crippen LogP contribution in [0.25, 0.3) is 0 Å². The second kappa shape index (κ2) is 4.26. The lowest BCUT2D eigenvalue weighted by molar-refractivity contribution is 0.0513. The van der Waals surface area contributed by atoms with Gasteiger partial charge >= 0.3 is 5.97 Å². The Morgan fingerprint density at radius 3 is 2.57 bits per heavy atom. The molecule has 0 radical (unpaired) electrons. The maximum absolute atomic E-state index is 11.5. The number of hydrogen-bond acceptors (Lipinski definition) is 3. The normalized spacial score (nSPS) is 10.3. The van der Waals surface area contributed by atoms with E-state index >= 15 is 0 Å². The van der Waals surface area contributed by atoms with Gasteiger partial charge in [0.2, 0.25) is 0 Å². The van der Waals surface area contributed by atoms with Crippen molar-refractivity contribution < 1.29 is 9.53 Å². The molecular formula is C10H16N2O2. The van der Waals surface area contributed by atoms with Crippen molar-refractivity contribution in [1.82, 2.24) is 9.78 Å². The lowest BCUT2D eigenvalue weighted by Gasteiger charge is -2.02. The summed E-state index contributed by atoms with van der Waals surface area (Å²) in [4.78, 5) is 11.5. The molecule has 1 aromatic heterocycles. The lowest BCUT2D eigenvalue weighted by Crippen LogP contribution is -2.11. The highest BCUT2D eigenvalue weighted by Gasteiger charge is 2.18. The lowest BCUT2D eigenvalue weighted by atomic mass is 10.2. The largest absolute Gasteiger partial charge is 0.461 e. The number of carbonyl (C=O) groups is 1. The minimum atomic E-state index is -0.292. The van der Waals surface area contributed by atoms with Crippen molar-refractivity contribution in [3.63, 3.8) is 0 Å². The fourth-order valence-corrected chi connectivity index (χ4v) is 1.51. The third kappa shape index (κ3) is 1.78. The molecule has 1 heterocycles. The third-order valence-electron chi connectivity index (χ3n) is 2.19. The fraction of sp³-hybridized carbons (Fsp3) is 0.600. The topological polar surface area (TPSA) is 44.1 Å². The number of nitrogens with zero attached hydrogens (tertiary/aromatic N) is 2. The van der Waals surface area contributed by atoms with Gasteiger partial charge in [-0.05, 0) is 20.3 Å². The predicted octanol–water partition coefficient (Wildman–Crippen LogP) is 1.47. The summed E-state index contributed by atoms with van der Waals surface area (Å²) in [5, 5.41) is 4.25. The molecule has 1 aromatic rings. The van der Waals surface area contributed by atoms with Crippen molar-refractivity contribution in [3.05, 3.63) is 17.0 Å². The summed E-state index contributed by atoms with van der Waals surface area (Å²) in [6.45, 7) is 6.11. The van der Waals surface area contributed by atoms with E-state index in [2.05, 4.69) is 5.10 Å². The zero-order valence-electron chi connectivity index (χ0n) is 9.13. The average molecular weight is 196 g/mol. The van der Waals surface area contributed by atoms with Gasteiger partial charge in [-0.1, -0.05) is 6.92 Å². The third-order valence-corrected chi connectivity index (χ3v) is 2.19. The minimum Gasteiger partial charge on any atom is -0.461 e. The first-order valence-electron chi connectivity index (χ1n) is 4.81. The van der Waals surface area contributed by atoms with Gasteiger partial charge in [-0.15, -0.1) is 0 Å². The van der Waals surface area contributed by atoms with Gasteiger partial charge in [-0.25, -0.2) is 4.79 Å². The molecule has 4 nitrogen and oxygen atoms in total. The van der Waals surface area contributed by atoms with E-state index in [1.807, 2.05) is 13.8 Å². The molecule has 78 valence electrons. The van der Waals surface area contributed by atoms with E-state index in [4.69, 9.17) is 4.74 Å². The molecule has 0 saturated heterocycles. The van der Waals surface area contributed by atoms with E-state index in [9.17, 15) is 4.79 Å². The Bertz CT molecular complexity index is 342. The van der Waals surface area contributed by atoms with Crippen molar-refractivity contribution in [3.8, 4) is 0 Å². The van der Waals surface area contributed by atoms with Gasteiger partial charge in [0.05, 0.1) is 12.3 Å². The molecule has 0 unspecified atom stereocenters. The van der Waals surface area contributed by atoms with Crippen LogP contribution in [0.2, 0.25) is 0 Å². The fourth-order valence-electron chi connectivity index (χ4n) is 1.51. The molecule has 0 aliphatic heterocycles. The molecule has 1 rings (SSSR count). The van der Waals surface area contributed by atoms with Crippen molar-refractivity contribution in [2.75, 3.05) is 6.61 Å². The van der Waals surface area contributed by atoms with Crippen LogP contribution < -0.4 is 0 Å². The Morgan fingerprint density at radius 2 is 2.14 bits per heavy atom. The summed E-state index contributed by atoms with van der Waals surface area (Å²) in [5.74, 6) is -0.292. The molecule has 0 atom stereocenters. The van der Waals surface area contributed by atoms with Gasteiger partial charge < -0.3 is 4.74 Å². The highest BCUT2D eigenvalue weighted by atomic mass is 16.5. The van der Waals surface area contributed by atoms with E-state index in [0.29, 0.717) is 12.3 Å². The number of rotatable bonds is 3. The van der Waals surface area contributed by atoms with Gasteiger partial charge in [0.15, 0.2) is 0 Å². The Labute approximate surface area is 83.9 Å². The minimum absolute atomic E-state index is 0.292. The van der Waals surface area contributed by atoms with Crippen molar-refractivity contribution >= 4 is 5.97 Å². The zero-order chi connectivity index (χ0) is 10.7. The summed E-state index contributed by atoms with van der Waals surface area (Å²) >= 11 is 0. The molecule has 14 heavy (non-hydrogen) atoms. The summed E-state index contributed by atoms with van der Waals surface area (Å²) < 4.78 is 6.54. The van der Waals surface area contributed by atoms with Crippen LogP contribution in [-0.4, -0.2) is 22.4 Å². The molecule has 0 N–H and O–H groups in total. The molecule has 0 spiro atoms. The van der Waals surface area contributed by atoms with Crippen LogP contribution >= 0.6 is 0 Å². The van der Waals surface area contributed by atoms with Crippen LogP contribution in [-0.2, 0) is 18.2 Å². The molecule has 0 aliphatic carbocycles. The van der Waals surface area contributed by atoms with Gasteiger partial charge in [0.1, 0.15) is 5.69 Å². The molecule has 0 amide bonds. The quantitative estimate of drug-likeness (QED) is 0.687. The second-order valence-corrected chi connectivity index (χ2v) is 3.12. The monoisotopic (exact) mass is 196 g/mol. The first kappa shape index (κ1) is 10.8. The smallest absolute Gasteiger partial charge is 0.356 e. The van der Waals surface area contributed by atoms with E-state index in [1.165, 1.54) is 0 Å². The van der Waals surface area contributed by atoms with Gasteiger partial charge in [0.25, 0.3) is 0 Å². The number of esters is 1. The number of aromatic nitrogens is 2. The van der Waals surface area contributed by atoms with Crippen LogP contribution in [0, 0.1) is 6.92 Å². The Hall–Kier alpha value is -1.32. The molecule has 0 aromatic carbocycles. The predicted molar refractivity (Wildman–Crippen MR) is 53.3 cm³/mol. The highest BCUT2D eigenvalue weighted by Crippen LogP contribution is 2.13. The van der Waals surface area contributed by atoms with Crippen LogP contribution in [0.1, 0.15) is 35.6 Å². The van der Waals surface area contributed by atoms with Gasteiger partial charge in [-0.2, -0.15) is 5.10 Å². The van der Waals surface area contributed by atoms with Crippen LogP contribution in [0.4, 0.5) is 0 Å². The van der Waals surface area contributed by atoms with Crippen LogP contribution in [0.15, 0.2) is 0 Å². The molecule has 0 aliphatic rings. The Balaban J connectivity index is 3.07. The summed E-state index contributed by atoms with van der Waals surface area (Å²) in [5.41, 5.74) is 2.44. The maximum atomic E-state index is 11.5. The van der Waals surface area contributed by atoms with E-state index in [1.54, 1.807) is 18.7 Å². The van der Waals surface area contributed by atoms with Crippen LogP contribution in [0.3, 0.4) is 0 Å². The molecule has 0 fully saturated rings. The van der Waals surface area contributed by atoms with Gasteiger partial charge in [0, 0.05) is 12.6 Å². The second-order valence-electron chi connectivity index (χ2n) is 3.12. The summed E-state index contributed by atoms with van der Waals surface area (Å²) in [7, 11) is 1.76. The standard InChI is InChI=1S/C10H16N2O2/c1-5-8-7(3)9(12(4)11-8)10(13)14-6-2/h5-6H2,1-4H3. The van der Waals surface area contributed by atoms with Crippen molar-refractivity contribution in [2.45, 2.75) is 27.2 Å². The number of carbonyl (C=O) groups excluding carboxylic acids is 1. The number of ether oxygens (including phenoxy) is 1. The van der Waals surface area contributed by atoms with Crippen LogP contribution in [0.5, 0.6) is 0 Å². The molecule has 0 bridgehead atoms. The Morgan fingerprint density at radius 1 is 1.50 bits per heavy atom.